The van der Waals surface area contributed by atoms with Crippen molar-refractivity contribution in [2.45, 2.75) is 26.4 Å². The van der Waals surface area contributed by atoms with Gasteiger partial charge >= 0.3 is 4.87 Å². The highest BCUT2D eigenvalue weighted by atomic mass is 32.1. The number of nitrogens with one attached hydrogen (secondary N) is 1. The van der Waals surface area contributed by atoms with Gasteiger partial charge in [0.1, 0.15) is 6.54 Å². The van der Waals surface area contributed by atoms with Crippen LogP contribution in [0.3, 0.4) is 0 Å². The number of carbonyl (C=O) groups is 1. The van der Waals surface area contributed by atoms with Crippen LogP contribution in [-0.2, 0) is 11.3 Å². The molecule has 0 bridgehead atoms. The van der Waals surface area contributed by atoms with Crippen LogP contribution >= 0.6 is 11.3 Å². The van der Waals surface area contributed by atoms with Crippen LogP contribution in [0.5, 0.6) is 0 Å². The van der Waals surface area contributed by atoms with Gasteiger partial charge in [-0.15, -0.1) is 0 Å². The average Bonchev–Trinajstić information content (AvgIpc) is 2.49. The summed E-state index contributed by atoms with van der Waals surface area (Å²) in [5, 5.41) is 13.0. The van der Waals surface area contributed by atoms with Crippen molar-refractivity contribution in [2.75, 3.05) is 6.61 Å². The monoisotopic (exact) mass is 230 g/mol. The fourth-order valence-corrected chi connectivity index (χ4v) is 1.84. The lowest BCUT2D eigenvalue weighted by Gasteiger charge is -2.11. The number of hydrogen-bond donors (Lipinski definition) is 2. The molecule has 1 amide bonds. The summed E-state index contributed by atoms with van der Waals surface area (Å²) < 4.78 is 1.41. The number of rotatable bonds is 4. The maximum absolute atomic E-state index is 11.4. The molecule has 1 aromatic rings. The summed E-state index contributed by atoms with van der Waals surface area (Å²) in [6.45, 7) is 3.38. The van der Waals surface area contributed by atoms with Crippen molar-refractivity contribution in [3.8, 4) is 0 Å². The summed E-state index contributed by atoms with van der Waals surface area (Å²) in [5.41, 5.74) is 0.775. The number of amides is 1. The SMILES string of the molecule is Cc1csc(=O)n1CC(=O)NC(C)CO. The van der Waals surface area contributed by atoms with Crippen LogP contribution < -0.4 is 10.2 Å². The highest BCUT2D eigenvalue weighted by molar-refractivity contribution is 7.07. The standard InChI is InChI=1S/C9H14N2O3S/c1-6(4-12)10-8(13)3-11-7(2)5-15-9(11)14/h5-6,12H,3-4H2,1-2H3,(H,10,13). The summed E-state index contributed by atoms with van der Waals surface area (Å²) in [6, 6.07) is -0.285. The van der Waals surface area contributed by atoms with E-state index >= 15 is 0 Å². The zero-order chi connectivity index (χ0) is 11.4. The molecule has 5 nitrogen and oxygen atoms in total. The fraction of sp³-hybridized carbons (Fsp3) is 0.556. The Hall–Kier alpha value is -1.14. The highest BCUT2D eigenvalue weighted by Gasteiger charge is 2.10. The van der Waals surface area contributed by atoms with Crippen molar-refractivity contribution in [3.05, 3.63) is 20.7 Å². The van der Waals surface area contributed by atoms with Gasteiger partial charge in [-0.25, -0.2) is 0 Å². The number of aliphatic hydroxyl groups excluding tert-OH is 1. The van der Waals surface area contributed by atoms with Crippen LogP contribution in [0.4, 0.5) is 0 Å². The largest absolute Gasteiger partial charge is 0.394 e. The number of thiazole rings is 1. The number of carbonyl (C=O) groups excluding carboxylic acids is 1. The van der Waals surface area contributed by atoms with Crippen molar-refractivity contribution in [1.82, 2.24) is 9.88 Å². The normalized spacial score (nSPS) is 12.5. The molecule has 6 heteroatoms. The lowest BCUT2D eigenvalue weighted by Crippen LogP contribution is -2.38. The van der Waals surface area contributed by atoms with E-state index < -0.39 is 0 Å². The molecule has 1 heterocycles. The number of nitrogens with zero attached hydrogens (tertiary/aromatic N) is 1. The van der Waals surface area contributed by atoms with E-state index in [-0.39, 0.29) is 30.0 Å². The molecule has 1 atom stereocenters. The predicted octanol–water partition coefficient (Wildman–Crippen LogP) is -0.285. The first-order chi connectivity index (χ1) is 7.04. The van der Waals surface area contributed by atoms with Gasteiger partial charge in [0.2, 0.25) is 5.91 Å². The smallest absolute Gasteiger partial charge is 0.307 e. The minimum absolute atomic E-state index is 0.0124. The van der Waals surface area contributed by atoms with Crippen LogP contribution in [0, 0.1) is 6.92 Å². The van der Waals surface area contributed by atoms with Crippen molar-refractivity contribution < 1.29 is 9.90 Å². The topological polar surface area (TPSA) is 71.3 Å². The van der Waals surface area contributed by atoms with Crippen molar-refractivity contribution >= 4 is 17.2 Å². The molecule has 0 spiro atoms. The summed E-state index contributed by atoms with van der Waals surface area (Å²) in [5.74, 6) is -0.264. The third-order valence-electron chi connectivity index (χ3n) is 1.96. The Morgan fingerprint density at radius 3 is 2.87 bits per heavy atom. The molecule has 0 aromatic carbocycles. The van der Waals surface area contributed by atoms with Gasteiger partial charge in [-0.2, -0.15) is 0 Å². The molecule has 0 aliphatic rings. The summed E-state index contributed by atoms with van der Waals surface area (Å²) in [7, 11) is 0. The summed E-state index contributed by atoms with van der Waals surface area (Å²) in [4.78, 5) is 22.6. The van der Waals surface area contributed by atoms with E-state index in [0.717, 1.165) is 17.0 Å². The average molecular weight is 230 g/mol. The van der Waals surface area contributed by atoms with E-state index in [2.05, 4.69) is 5.32 Å². The van der Waals surface area contributed by atoms with Crippen LogP contribution in [0.1, 0.15) is 12.6 Å². The Labute approximate surface area is 91.4 Å². The molecule has 0 fully saturated rings. The second-order valence-electron chi connectivity index (χ2n) is 3.38. The molecule has 0 saturated carbocycles. The third-order valence-corrected chi connectivity index (χ3v) is 2.84. The van der Waals surface area contributed by atoms with Gasteiger partial charge in [-0.1, -0.05) is 11.3 Å². The number of aryl methyl sites for hydroxylation is 1. The zero-order valence-corrected chi connectivity index (χ0v) is 9.50. The molecule has 0 aliphatic heterocycles. The molecule has 0 radical (unpaired) electrons. The molecular weight excluding hydrogens is 216 g/mol. The van der Waals surface area contributed by atoms with Crippen LogP contribution in [0.2, 0.25) is 0 Å². The van der Waals surface area contributed by atoms with Gasteiger partial charge < -0.3 is 10.4 Å². The Kier molecular flexibility index (Phi) is 4.05. The molecule has 0 saturated heterocycles. The van der Waals surface area contributed by atoms with Gasteiger partial charge in [0, 0.05) is 17.1 Å². The van der Waals surface area contributed by atoms with E-state index in [0.29, 0.717) is 0 Å². The number of hydrogen-bond acceptors (Lipinski definition) is 4. The van der Waals surface area contributed by atoms with E-state index in [1.165, 1.54) is 4.57 Å². The Morgan fingerprint density at radius 2 is 2.40 bits per heavy atom. The first-order valence-corrected chi connectivity index (χ1v) is 5.47. The number of aliphatic hydroxyl groups is 1. The quantitative estimate of drug-likeness (QED) is 0.747. The maximum atomic E-state index is 11.4. The third kappa shape index (κ3) is 3.17. The van der Waals surface area contributed by atoms with Crippen LogP contribution in [0.15, 0.2) is 10.2 Å². The lowest BCUT2D eigenvalue weighted by molar-refractivity contribution is -0.122. The molecule has 84 valence electrons. The van der Waals surface area contributed by atoms with E-state index in [1.54, 1.807) is 19.2 Å². The van der Waals surface area contributed by atoms with Crippen LogP contribution in [0.25, 0.3) is 0 Å². The molecule has 0 aliphatic carbocycles. The van der Waals surface area contributed by atoms with Gasteiger partial charge in [0.05, 0.1) is 6.61 Å². The molecule has 1 unspecified atom stereocenters. The van der Waals surface area contributed by atoms with Crippen molar-refractivity contribution in [3.63, 3.8) is 0 Å². The van der Waals surface area contributed by atoms with E-state index in [1.807, 2.05) is 0 Å². The van der Waals surface area contributed by atoms with Crippen molar-refractivity contribution in [2.24, 2.45) is 0 Å². The fourth-order valence-electron chi connectivity index (χ4n) is 1.11. The zero-order valence-electron chi connectivity index (χ0n) is 8.69. The maximum Gasteiger partial charge on any atom is 0.307 e. The predicted molar refractivity (Wildman–Crippen MR) is 58.0 cm³/mol. The minimum Gasteiger partial charge on any atom is -0.394 e. The molecule has 2 N–H and O–H groups in total. The van der Waals surface area contributed by atoms with E-state index in [9.17, 15) is 9.59 Å². The van der Waals surface area contributed by atoms with Gasteiger partial charge in [-0.05, 0) is 13.8 Å². The Morgan fingerprint density at radius 1 is 1.73 bits per heavy atom. The molecule has 1 rings (SSSR count). The molecule has 15 heavy (non-hydrogen) atoms. The van der Waals surface area contributed by atoms with E-state index in [4.69, 9.17) is 5.11 Å². The molecule has 1 aromatic heterocycles. The van der Waals surface area contributed by atoms with Gasteiger partial charge in [0.15, 0.2) is 0 Å². The van der Waals surface area contributed by atoms with Gasteiger partial charge in [0.25, 0.3) is 0 Å². The summed E-state index contributed by atoms with van der Waals surface area (Å²) in [6.07, 6.45) is 0. The second-order valence-corrected chi connectivity index (χ2v) is 4.20. The Bertz CT molecular complexity index is 396. The Balaban J connectivity index is 2.63. The van der Waals surface area contributed by atoms with Crippen molar-refractivity contribution in [1.29, 1.82) is 0 Å². The summed E-state index contributed by atoms with van der Waals surface area (Å²) >= 11 is 1.08. The minimum atomic E-state index is -0.285. The highest BCUT2D eigenvalue weighted by Crippen LogP contribution is 1.98. The van der Waals surface area contributed by atoms with Gasteiger partial charge in [-0.3, -0.25) is 14.2 Å². The van der Waals surface area contributed by atoms with Crippen LogP contribution in [-0.4, -0.2) is 28.2 Å². The first-order valence-electron chi connectivity index (χ1n) is 4.59. The molecular formula is C9H14N2O3S. The number of aromatic nitrogens is 1. The second kappa shape index (κ2) is 5.09. The lowest BCUT2D eigenvalue weighted by atomic mass is 10.3. The first kappa shape index (κ1) is 11.9.